The molecule has 0 aromatic heterocycles. The first kappa shape index (κ1) is 17.5. The van der Waals surface area contributed by atoms with Crippen molar-refractivity contribution >= 4 is 23.5 Å². The highest BCUT2D eigenvalue weighted by molar-refractivity contribution is 5.96. The molecule has 3 rings (SSSR count). The van der Waals surface area contributed by atoms with Gasteiger partial charge in [0.1, 0.15) is 12.4 Å². The highest BCUT2D eigenvalue weighted by atomic mass is 16.4. The largest absolute Gasteiger partial charge is 0.480 e. The number of carboxylic acid groups (broad SMARTS) is 1. The molecule has 1 fully saturated rings. The van der Waals surface area contributed by atoms with Crippen molar-refractivity contribution in [2.24, 2.45) is 5.73 Å². The van der Waals surface area contributed by atoms with Crippen molar-refractivity contribution in [3.05, 3.63) is 54.1 Å². The van der Waals surface area contributed by atoms with E-state index in [1.807, 2.05) is 36.4 Å². The minimum atomic E-state index is -1.01. The number of nitrogens with one attached hydrogen (secondary N) is 1. The minimum absolute atomic E-state index is 0.0291. The van der Waals surface area contributed by atoms with E-state index in [0.29, 0.717) is 18.7 Å². The van der Waals surface area contributed by atoms with Gasteiger partial charge in [0.05, 0.1) is 0 Å². The van der Waals surface area contributed by atoms with Crippen molar-refractivity contribution in [3.8, 4) is 11.1 Å². The molecule has 2 aromatic rings. The van der Waals surface area contributed by atoms with Gasteiger partial charge in [0.2, 0.25) is 0 Å². The minimum Gasteiger partial charge on any atom is -0.480 e. The van der Waals surface area contributed by atoms with E-state index in [1.165, 1.54) is 4.90 Å². The van der Waals surface area contributed by atoms with Crippen molar-refractivity contribution in [3.63, 3.8) is 0 Å². The lowest BCUT2D eigenvalue weighted by Crippen LogP contribution is -2.51. The van der Waals surface area contributed by atoms with Crippen LogP contribution in [0.25, 0.3) is 11.1 Å². The number of anilines is 1. The Hall–Kier alpha value is -3.35. The number of carboxylic acids is 1. The maximum atomic E-state index is 12.5. The molecule has 0 unspecified atom stereocenters. The molecular weight excluding hydrogens is 332 g/mol. The van der Waals surface area contributed by atoms with Gasteiger partial charge >= 0.3 is 12.0 Å². The third-order valence-corrected chi connectivity index (χ3v) is 4.35. The van der Waals surface area contributed by atoms with Crippen LogP contribution in [0, 0.1) is 5.41 Å². The normalized spacial score (nSPS) is 14.4. The maximum absolute atomic E-state index is 12.5. The monoisotopic (exact) mass is 352 g/mol. The van der Waals surface area contributed by atoms with Crippen LogP contribution >= 0.6 is 0 Å². The SMILES string of the molecule is N=C(N)c1ccc(-c2ccc(N3CCCN(CC(=O)O)C3=O)cc2)cc1. The highest BCUT2D eigenvalue weighted by Gasteiger charge is 2.27. The Kier molecular flexibility index (Phi) is 4.88. The number of benzene rings is 2. The zero-order valence-electron chi connectivity index (χ0n) is 14.2. The van der Waals surface area contributed by atoms with Crippen molar-refractivity contribution in [1.29, 1.82) is 5.41 Å². The molecular formula is C19H20N4O3. The number of aliphatic carboxylic acids is 1. The molecule has 0 spiro atoms. The van der Waals surface area contributed by atoms with Crippen LogP contribution in [0.15, 0.2) is 48.5 Å². The molecule has 0 saturated carbocycles. The van der Waals surface area contributed by atoms with E-state index in [1.54, 1.807) is 17.0 Å². The van der Waals surface area contributed by atoms with Gasteiger partial charge in [-0.2, -0.15) is 0 Å². The van der Waals surface area contributed by atoms with Crippen LogP contribution in [-0.2, 0) is 4.79 Å². The Labute approximate surface area is 151 Å². The summed E-state index contributed by atoms with van der Waals surface area (Å²) in [4.78, 5) is 26.3. The summed E-state index contributed by atoms with van der Waals surface area (Å²) in [6.07, 6.45) is 0.729. The molecule has 4 N–H and O–H groups in total. The van der Waals surface area contributed by atoms with Crippen LogP contribution in [0.5, 0.6) is 0 Å². The number of urea groups is 1. The molecule has 134 valence electrons. The zero-order chi connectivity index (χ0) is 18.7. The van der Waals surface area contributed by atoms with Crippen LogP contribution in [0.3, 0.4) is 0 Å². The van der Waals surface area contributed by atoms with Gasteiger partial charge in [-0.3, -0.25) is 15.1 Å². The molecule has 2 amide bonds. The van der Waals surface area contributed by atoms with E-state index in [0.717, 1.165) is 23.2 Å². The Morgan fingerprint density at radius 3 is 2.15 bits per heavy atom. The fourth-order valence-electron chi connectivity index (χ4n) is 3.01. The molecule has 26 heavy (non-hydrogen) atoms. The predicted molar refractivity (Wildman–Crippen MR) is 99.5 cm³/mol. The van der Waals surface area contributed by atoms with Gasteiger partial charge in [0, 0.05) is 24.3 Å². The van der Waals surface area contributed by atoms with Crippen LogP contribution in [0.1, 0.15) is 12.0 Å². The number of hydrogen-bond donors (Lipinski definition) is 3. The van der Waals surface area contributed by atoms with E-state index >= 15 is 0 Å². The lowest BCUT2D eigenvalue weighted by Gasteiger charge is -2.34. The van der Waals surface area contributed by atoms with Gasteiger partial charge in [-0.1, -0.05) is 36.4 Å². The van der Waals surface area contributed by atoms with Crippen LogP contribution in [0.2, 0.25) is 0 Å². The second-order valence-electron chi connectivity index (χ2n) is 6.14. The molecule has 1 heterocycles. The number of carbonyl (C=O) groups is 2. The van der Waals surface area contributed by atoms with E-state index in [4.69, 9.17) is 16.2 Å². The van der Waals surface area contributed by atoms with E-state index < -0.39 is 5.97 Å². The molecule has 0 aliphatic carbocycles. The first-order chi connectivity index (χ1) is 12.5. The predicted octanol–water partition coefficient (Wildman–Crippen LogP) is 2.35. The molecule has 0 radical (unpaired) electrons. The van der Waals surface area contributed by atoms with Gasteiger partial charge in [0.15, 0.2) is 0 Å². The highest BCUT2D eigenvalue weighted by Crippen LogP contribution is 2.25. The molecule has 7 heteroatoms. The summed E-state index contributed by atoms with van der Waals surface area (Å²) in [5.41, 5.74) is 8.85. The third-order valence-electron chi connectivity index (χ3n) is 4.35. The fourth-order valence-corrected chi connectivity index (χ4v) is 3.01. The summed E-state index contributed by atoms with van der Waals surface area (Å²) in [6.45, 7) is 0.750. The summed E-state index contributed by atoms with van der Waals surface area (Å²) in [5, 5.41) is 16.4. The number of rotatable bonds is 5. The standard InChI is InChI=1S/C19H20N4O3/c20-18(21)15-4-2-13(3-5-15)14-6-8-16(9-7-14)23-11-1-10-22(19(23)26)12-17(24)25/h2-9H,1,10-12H2,(H3,20,21)(H,24,25). The smallest absolute Gasteiger partial charge is 0.325 e. The number of hydrogen-bond acceptors (Lipinski definition) is 3. The van der Waals surface area contributed by atoms with Gasteiger partial charge in [-0.05, 0) is 29.7 Å². The van der Waals surface area contributed by atoms with Crippen LogP contribution < -0.4 is 10.6 Å². The van der Waals surface area contributed by atoms with Gasteiger partial charge in [-0.25, -0.2) is 4.79 Å². The first-order valence-corrected chi connectivity index (χ1v) is 8.29. The van der Waals surface area contributed by atoms with Crippen molar-refractivity contribution < 1.29 is 14.7 Å². The van der Waals surface area contributed by atoms with Crippen molar-refractivity contribution in [2.75, 3.05) is 24.5 Å². The molecule has 1 saturated heterocycles. The Morgan fingerprint density at radius 2 is 1.62 bits per heavy atom. The summed E-state index contributed by atoms with van der Waals surface area (Å²) in [6, 6.07) is 14.7. The molecule has 1 aliphatic rings. The molecule has 0 atom stereocenters. The Morgan fingerprint density at radius 1 is 1.04 bits per heavy atom. The maximum Gasteiger partial charge on any atom is 0.325 e. The Balaban J connectivity index is 1.77. The average molecular weight is 352 g/mol. The average Bonchev–Trinajstić information content (AvgIpc) is 2.63. The van der Waals surface area contributed by atoms with Gasteiger partial charge in [0.25, 0.3) is 0 Å². The van der Waals surface area contributed by atoms with Crippen LogP contribution in [0.4, 0.5) is 10.5 Å². The summed E-state index contributed by atoms with van der Waals surface area (Å²) in [7, 11) is 0. The zero-order valence-corrected chi connectivity index (χ0v) is 14.2. The van der Waals surface area contributed by atoms with E-state index in [9.17, 15) is 9.59 Å². The number of nitrogens with two attached hydrogens (primary N) is 1. The third kappa shape index (κ3) is 3.66. The Bertz CT molecular complexity index is 831. The lowest BCUT2D eigenvalue weighted by molar-refractivity contribution is -0.137. The molecule has 0 bridgehead atoms. The van der Waals surface area contributed by atoms with Crippen LogP contribution in [-0.4, -0.2) is 47.5 Å². The lowest BCUT2D eigenvalue weighted by atomic mass is 10.0. The molecule has 1 aliphatic heterocycles. The number of carbonyl (C=O) groups excluding carboxylic acids is 1. The summed E-state index contributed by atoms with van der Waals surface area (Å²) in [5.74, 6) is -0.981. The number of amidine groups is 1. The fraction of sp³-hybridized carbons (Fsp3) is 0.211. The van der Waals surface area contributed by atoms with Gasteiger partial charge < -0.3 is 15.7 Å². The van der Waals surface area contributed by atoms with E-state index in [2.05, 4.69) is 0 Å². The topological polar surface area (TPSA) is 111 Å². The number of nitrogens with zero attached hydrogens (tertiary/aromatic N) is 2. The first-order valence-electron chi connectivity index (χ1n) is 8.29. The number of amides is 2. The van der Waals surface area contributed by atoms with Crippen molar-refractivity contribution in [2.45, 2.75) is 6.42 Å². The molecule has 2 aromatic carbocycles. The summed E-state index contributed by atoms with van der Waals surface area (Å²) >= 11 is 0. The van der Waals surface area contributed by atoms with E-state index in [-0.39, 0.29) is 18.4 Å². The number of nitrogen functional groups attached to an aromatic ring is 1. The summed E-state index contributed by atoms with van der Waals surface area (Å²) < 4.78 is 0. The quantitative estimate of drug-likeness (QED) is 0.566. The van der Waals surface area contributed by atoms with Crippen molar-refractivity contribution in [1.82, 2.24) is 4.90 Å². The second-order valence-corrected chi connectivity index (χ2v) is 6.14. The van der Waals surface area contributed by atoms with Gasteiger partial charge in [-0.15, -0.1) is 0 Å². The molecule has 7 nitrogen and oxygen atoms in total. The second kappa shape index (κ2) is 7.26.